The number of piperidine rings is 1. The third-order valence-electron chi connectivity index (χ3n) is 4.14. The summed E-state index contributed by atoms with van der Waals surface area (Å²) in [6.45, 7) is 1.91. The molecule has 4 rings (SSSR count). The normalized spacial score (nSPS) is 14.6. The number of hydrogen-bond donors (Lipinski definition) is 2. The van der Waals surface area contributed by atoms with Crippen molar-refractivity contribution in [1.29, 1.82) is 0 Å². The lowest BCUT2D eigenvalue weighted by atomic mass is 10.1. The van der Waals surface area contributed by atoms with Gasteiger partial charge in [-0.25, -0.2) is 9.36 Å². The van der Waals surface area contributed by atoms with E-state index < -0.39 is 0 Å². The SMILES string of the molecule is Cl.O=C(Nc1cccc(-n2cnnn2)c1)c1cn(C2CCNCC2)nn1. The molecule has 1 aliphatic heterocycles. The number of amides is 1. The van der Waals surface area contributed by atoms with E-state index in [2.05, 4.69) is 36.5 Å². The van der Waals surface area contributed by atoms with Crippen LogP contribution in [0.25, 0.3) is 5.69 Å². The molecule has 1 saturated heterocycles. The van der Waals surface area contributed by atoms with Crippen LogP contribution in [0.15, 0.2) is 36.8 Å². The van der Waals surface area contributed by atoms with Gasteiger partial charge in [-0.1, -0.05) is 11.3 Å². The van der Waals surface area contributed by atoms with Crippen LogP contribution >= 0.6 is 12.4 Å². The fourth-order valence-corrected chi connectivity index (χ4v) is 2.83. The lowest BCUT2D eigenvalue weighted by Gasteiger charge is -2.22. The summed E-state index contributed by atoms with van der Waals surface area (Å²) in [4.78, 5) is 12.4. The van der Waals surface area contributed by atoms with Gasteiger partial charge in [0.25, 0.3) is 5.91 Å². The van der Waals surface area contributed by atoms with E-state index in [0.29, 0.717) is 17.4 Å². The summed E-state index contributed by atoms with van der Waals surface area (Å²) >= 11 is 0. The summed E-state index contributed by atoms with van der Waals surface area (Å²) in [7, 11) is 0. The number of halogens is 1. The molecule has 1 amide bonds. The summed E-state index contributed by atoms with van der Waals surface area (Å²) in [6, 6.07) is 7.53. The van der Waals surface area contributed by atoms with Crippen molar-refractivity contribution in [3.05, 3.63) is 42.5 Å². The van der Waals surface area contributed by atoms with Gasteiger partial charge in [-0.15, -0.1) is 22.6 Å². The highest BCUT2D eigenvalue weighted by Crippen LogP contribution is 2.18. The monoisotopic (exact) mass is 375 g/mol. The van der Waals surface area contributed by atoms with Crippen molar-refractivity contribution < 1.29 is 4.79 Å². The van der Waals surface area contributed by atoms with Crippen molar-refractivity contribution in [3.63, 3.8) is 0 Å². The average molecular weight is 376 g/mol. The lowest BCUT2D eigenvalue weighted by molar-refractivity contribution is 0.102. The fourth-order valence-electron chi connectivity index (χ4n) is 2.83. The van der Waals surface area contributed by atoms with Gasteiger partial charge in [0.15, 0.2) is 5.69 Å². The smallest absolute Gasteiger partial charge is 0.277 e. The number of hydrogen-bond acceptors (Lipinski definition) is 7. The Balaban J connectivity index is 0.00000196. The highest BCUT2D eigenvalue weighted by atomic mass is 35.5. The van der Waals surface area contributed by atoms with Gasteiger partial charge in [0.2, 0.25) is 0 Å². The minimum absolute atomic E-state index is 0. The van der Waals surface area contributed by atoms with Crippen LogP contribution in [0.3, 0.4) is 0 Å². The van der Waals surface area contributed by atoms with Crippen molar-refractivity contribution >= 4 is 24.0 Å². The quantitative estimate of drug-likeness (QED) is 0.694. The van der Waals surface area contributed by atoms with Gasteiger partial charge in [0.05, 0.1) is 17.9 Å². The minimum Gasteiger partial charge on any atom is -0.320 e. The van der Waals surface area contributed by atoms with Crippen molar-refractivity contribution in [2.24, 2.45) is 0 Å². The molecule has 0 bridgehead atoms. The second-order valence-electron chi connectivity index (χ2n) is 5.82. The van der Waals surface area contributed by atoms with E-state index in [9.17, 15) is 4.79 Å². The maximum atomic E-state index is 12.4. The number of carbonyl (C=O) groups excluding carboxylic acids is 1. The van der Waals surface area contributed by atoms with Crippen molar-refractivity contribution in [1.82, 2.24) is 40.5 Å². The topological polar surface area (TPSA) is 115 Å². The molecule has 0 spiro atoms. The van der Waals surface area contributed by atoms with Crippen LogP contribution in [-0.4, -0.2) is 54.2 Å². The molecule has 2 aromatic heterocycles. The Kier molecular flexibility index (Phi) is 5.54. The van der Waals surface area contributed by atoms with E-state index in [1.165, 1.54) is 11.0 Å². The highest BCUT2D eigenvalue weighted by molar-refractivity contribution is 6.02. The summed E-state index contributed by atoms with van der Waals surface area (Å²) in [5, 5.41) is 25.3. The number of benzene rings is 1. The maximum Gasteiger partial charge on any atom is 0.277 e. The average Bonchev–Trinajstić information content (AvgIpc) is 3.35. The summed E-state index contributed by atoms with van der Waals surface area (Å²) < 4.78 is 3.30. The molecule has 1 fully saturated rings. The molecule has 11 heteroatoms. The summed E-state index contributed by atoms with van der Waals surface area (Å²) in [5.74, 6) is -0.297. The number of carbonyl (C=O) groups is 1. The standard InChI is InChI=1S/C15H17N9O.ClH/c25-15(14-9-23(21-19-14)12-4-6-16-7-5-12)18-11-2-1-3-13(8-11)24-10-17-20-22-24;/h1-3,8-10,12,16H,4-7H2,(H,18,25);1H. The Labute approximate surface area is 155 Å². The molecule has 0 atom stereocenters. The Morgan fingerprint density at radius 3 is 2.85 bits per heavy atom. The molecule has 3 heterocycles. The van der Waals surface area contributed by atoms with Crippen LogP contribution < -0.4 is 10.6 Å². The van der Waals surface area contributed by atoms with Crippen molar-refractivity contribution in [3.8, 4) is 5.69 Å². The second kappa shape index (κ2) is 8.02. The van der Waals surface area contributed by atoms with Gasteiger partial charge >= 0.3 is 0 Å². The Hall–Kier alpha value is -2.85. The Morgan fingerprint density at radius 1 is 1.23 bits per heavy atom. The van der Waals surface area contributed by atoms with E-state index in [4.69, 9.17) is 0 Å². The second-order valence-corrected chi connectivity index (χ2v) is 5.82. The molecule has 0 unspecified atom stereocenters. The molecule has 3 aromatic rings. The van der Waals surface area contributed by atoms with Crippen LogP contribution in [-0.2, 0) is 0 Å². The minimum atomic E-state index is -0.297. The highest BCUT2D eigenvalue weighted by Gasteiger charge is 2.18. The molecule has 1 aliphatic rings. The third kappa shape index (κ3) is 3.86. The van der Waals surface area contributed by atoms with Gasteiger partial charge < -0.3 is 10.6 Å². The van der Waals surface area contributed by atoms with Crippen LogP contribution in [0.2, 0.25) is 0 Å². The molecular formula is C15H18ClN9O. The van der Waals surface area contributed by atoms with Crippen molar-refractivity contribution in [2.75, 3.05) is 18.4 Å². The first kappa shape index (κ1) is 18.0. The third-order valence-corrected chi connectivity index (χ3v) is 4.14. The van der Waals surface area contributed by atoms with Gasteiger partial charge in [0, 0.05) is 5.69 Å². The first-order chi connectivity index (χ1) is 12.3. The van der Waals surface area contributed by atoms with E-state index in [0.717, 1.165) is 31.6 Å². The molecule has 26 heavy (non-hydrogen) atoms. The number of tetrazole rings is 1. The summed E-state index contributed by atoms with van der Waals surface area (Å²) in [5.41, 5.74) is 1.68. The van der Waals surface area contributed by atoms with Gasteiger partial charge in [-0.2, -0.15) is 0 Å². The largest absolute Gasteiger partial charge is 0.320 e. The van der Waals surface area contributed by atoms with Gasteiger partial charge in [-0.05, 0) is 54.6 Å². The number of nitrogens with one attached hydrogen (secondary N) is 2. The van der Waals surface area contributed by atoms with Crippen molar-refractivity contribution in [2.45, 2.75) is 18.9 Å². The van der Waals surface area contributed by atoms with Crippen LogP contribution in [0.5, 0.6) is 0 Å². The van der Waals surface area contributed by atoms with Crippen LogP contribution in [0, 0.1) is 0 Å². The number of rotatable bonds is 4. The predicted octanol–water partition coefficient (Wildman–Crippen LogP) is 0.852. The molecule has 2 N–H and O–H groups in total. The molecular weight excluding hydrogens is 358 g/mol. The van der Waals surface area contributed by atoms with Gasteiger partial charge in [0.1, 0.15) is 6.33 Å². The zero-order chi connectivity index (χ0) is 17.1. The number of anilines is 1. The predicted molar refractivity (Wildman–Crippen MR) is 95.5 cm³/mol. The molecule has 0 aliphatic carbocycles. The zero-order valence-electron chi connectivity index (χ0n) is 13.8. The maximum absolute atomic E-state index is 12.4. The van der Waals surface area contributed by atoms with E-state index >= 15 is 0 Å². The molecule has 0 saturated carbocycles. The summed E-state index contributed by atoms with van der Waals surface area (Å²) in [6.07, 6.45) is 5.17. The van der Waals surface area contributed by atoms with Crippen LogP contribution in [0.4, 0.5) is 5.69 Å². The number of nitrogens with zero attached hydrogens (tertiary/aromatic N) is 7. The first-order valence-electron chi connectivity index (χ1n) is 8.07. The first-order valence-corrected chi connectivity index (χ1v) is 8.07. The fraction of sp³-hybridized carbons (Fsp3) is 0.333. The van der Waals surface area contributed by atoms with E-state index in [1.807, 2.05) is 12.1 Å². The molecule has 10 nitrogen and oxygen atoms in total. The van der Waals surface area contributed by atoms with Gasteiger partial charge in [-0.3, -0.25) is 4.79 Å². The van der Waals surface area contributed by atoms with E-state index in [1.54, 1.807) is 23.0 Å². The lowest BCUT2D eigenvalue weighted by Crippen LogP contribution is -2.29. The molecule has 136 valence electrons. The van der Waals surface area contributed by atoms with E-state index in [-0.39, 0.29) is 18.3 Å². The Bertz CT molecular complexity index is 858. The van der Waals surface area contributed by atoms with Crippen LogP contribution in [0.1, 0.15) is 29.4 Å². The molecule has 0 radical (unpaired) electrons. The Morgan fingerprint density at radius 2 is 2.08 bits per heavy atom. The number of aromatic nitrogens is 7. The zero-order valence-corrected chi connectivity index (χ0v) is 14.6. The molecule has 1 aromatic carbocycles.